The molecule has 1 aliphatic rings. The van der Waals surface area contributed by atoms with Crippen LogP contribution in [0, 0.1) is 12.8 Å². The number of benzene rings is 1. The first kappa shape index (κ1) is 28.8. The van der Waals surface area contributed by atoms with E-state index in [1.807, 2.05) is 24.3 Å². The topological polar surface area (TPSA) is 141 Å². The summed E-state index contributed by atoms with van der Waals surface area (Å²) in [6.07, 6.45) is 4.12. The Bertz CT molecular complexity index is 1660. The molecule has 1 fully saturated rings. The van der Waals surface area contributed by atoms with Crippen molar-refractivity contribution in [1.29, 1.82) is 0 Å². The molecule has 5 rings (SSSR count). The van der Waals surface area contributed by atoms with Crippen molar-refractivity contribution in [3.05, 3.63) is 68.7 Å². The molecule has 1 saturated heterocycles. The van der Waals surface area contributed by atoms with Gasteiger partial charge in [-0.25, -0.2) is 14.3 Å². The van der Waals surface area contributed by atoms with Crippen molar-refractivity contribution >= 4 is 27.5 Å². The average Bonchev–Trinajstić information content (AvgIpc) is 3.61. The van der Waals surface area contributed by atoms with Gasteiger partial charge in [-0.3, -0.25) is 14.2 Å². The first-order chi connectivity index (χ1) is 19.6. The van der Waals surface area contributed by atoms with Gasteiger partial charge in [-0.1, -0.05) is 18.2 Å². The van der Waals surface area contributed by atoms with Crippen LogP contribution in [0.4, 0.5) is 0 Å². The number of hydrogen-bond acceptors (Lipinski definition) is 9. The van der Waals surface area contributed by atoms with Crippen molar-refractivity contribution in [2.24, 2.45) is 11.7 Å². The van der Waals surface area contributed by atoms with E-state index in [0.29, 0.717) is 58.0 Å². The number of carbonyl (C=O) groups excluding carboxylic acids is 1. The van der Waals surface area contributed by atoms with Crippen molar-refractivity contribution in [3.63, 3.8) is 0 Å². The Hall–Kier alpha value is -3.74. The first-order valence-corrected chi connectivity index (χ1v) is 14.3. The number of fused-ring (bicyclic) bond motifs is 1. The summed E-state index contributed by atoms with van der Waals surface area (Å²) in [5.74, 6) is 0.448. The number of aryl methyl sites for hydroxylation is 1. The highest BCUT2D eigenvalue weighted by atomic mass is 32.1. The van der Waals surface area contributed by atoms with Crippen molar-refractivity contribution < 1.29 is 23.4 Å². The van der Waals surface area contributed by atoms with Gasteiger partial charge in [-0.15, -0.1) is 11.3 Å². The standard InChI is InChI=1S/C29H34N4O7S/c1-17-22-25(34)33(29(2,3)27(30)35)28(36)32(26(22)41-23(17)24-31-11-14-39-24)15-21(19-7-5-6-8-20(19)37-4)40-16-18-9-12-38-13-10-18/h5-8,11,14,18,21H,9-10,12-13,15-16H2,1-4H3,(H2,30,35)/t21-/m1/s1. The number of oxazole rings is 1. The van der Waals surface area contributed by atoms with Crippen LogP contribution in [0.1, 0.15) is 43.9 Å². The summed E-state index contributed by atoms with van der Waals surface area (Å²) in [4.78, 5) is 45.8. The number of methoxy groups -OCH3 is 1. The van der Waals surface area contributed by atoms with Gasteiger partial charge in [0, 0.05) is 18.8 Å². The van der Waals surface area contributed by atoms with Gasteiger partial charge in [0.1, 0.15) is 28.5 Å². The van der Waals surface area contributed by atoms with E-state index in [2.05, 4.69) is 4.98 Å². The lowest BCUT2D eigenvalue weighted by molar-refractivity contribution is -0.125. The second-order valence-electron chi connectivity index (χ2n) is 10.7. The summed E-state index contributed by atoms with van der Waals surface area (Å²) in [6, 6.07) is 7.49. The molecule has 1 aromatic carbocycles. The van der Waals surface area contributed by atoms with E-state index >= 15 is 0 Å². The lowest BCUT2D eigenvalue weighted by Crippen LogP contribution is -2.54. The van der Waals surface area contributed by atoms with Crippen LogP contribution < -0.4 is 21.7 Å². The maximum absolute atomic E-state index is 14.2. The summed E-state index contributed by atoms with van der Waals surface area (Å²) in [5.41, 5.74) is 4.19. The molecule has 0 bridgehead atoms. The van der Waals surface area contributed by atoms with E-state index in [1.165, 1.54) is 42.2 Å². The average molecular weight is 583 g/mol. The van der Waals surface area contributed by atoms with Crippen LogP contribution in [0.3, 0.4) is 0 Å². The molecule has 1 aliphatic heterocycles. The molecule has 41 heavy (non-hydrogen) atoms. The van der Waals surface area contributed by atoms with Gasteiger partial charge < -0.3 is 24.4 Å². The minimum Gasteiger partial charge on any atom is -0.496 e. The normalized spacial score (nSPS) is 15.3. The predicted molar refractivity (Wildman–Crippen MR) is 154 cm³/mol. The van der Waals surface area contributed by atoms with Crippen molar-refractivity contribution in [2.45, 2.75) is 51.8 Å². The van der Waals surface area contributed by atoms with E-state index in [-0.39, 0.29) is 6.54 Å². The quantitative estimate of drug-likeness (QED) is 0.299. The predicted octanol–water partition coefficient (Wildman–Crippen LogP) is 3.60. The molecular formula is C29H34N4O7S. The minimum atomic E-state index is -1.59. The molecule has 3 aromatic heterocycles. The molecule has 12 heteroatoms. The third-order valence-corrected chi connectivity index (χ3v) is 9.01. The Kier molecular flexibility index (Phi) is 8.16. The molecule has 1 amide bonds. The lowest BCUT2D eigenvalue weighted by atomic mass is 10.0. The van der Waals surface area contributed by atoms with Gasteiger partial charge in [0.15, 0.2) is 0 Å². The Balaban J connectivity index is 1.71. The summed E-state index contributed by atoms with van der Waals surface area (Å²) in [5, 5.41) is 0.292. The van der Waals surface area contributed by atoms with Gasteiger partial charge in [0.05, 0.1) is 36.7 Å². The Morgan fingerprint density at radius 3 is 2.63 bits per heavy atom. The van der Waals surface area contributed by atoms with E-state index in [4.69, 9.17) is 24.4 Å². The van der Waals surface area contributed by atoms with Crippen LogP contribution in [0.2, 0.25) is 0 Å². The minimum absolute atomic E-state index is 0.0546. The summed E-state index contributed by atoms with van der Waals surface area (Å²) in [7, 11) is 1.58. The number of carbonyl (C=O) groups is 1. The highest BCUT2D eigenvalue weighted by molar-refractivity contribution is 7.22. The first-order valence-electron chi connectivity index (χ1n) is 13.5. The summed E-state index contributed by atoms with van der Waals surface area (Å²) < 4.78 is 25.7. The highest BCUT2D eigenvalue weighted by Gasteiger charge is 2.35. The van der Waals surface area contributed by atoms with Crippen LogP contribution in [0.25, 0.3) is 21.0 Å². The Morgan fingerprint density at radius 2 is 1.98 bits per heavy atom. The largest absolute Gasteiger partial charge is 0.496 e. The molecule has 0 aliphatic carbocycles. The second kappa shape index (κ2) is 11.6. The zero-order chi connectivity index (χ0) is 29.3. The third-order valence-electron chi connectivity index (χ3n) is 7.71. The number of hydrogen-bond donors (Lipinski definition) is 1. The van der Waals surface area contributed by atoms with Gasteiger partial charge in [0.25, 0.3) is 5.56 Å². The number of ether oxygens (including phenoxy) is 3. The highest BCUT2D eigenvalue weighted by Crippen LogP contribution is 2.37. The summed E-state index contributed by atoms with van der Waals surface area (Å²) in [6.45, 7) is 6.57. The van der Waals surface area contributed by atoms with Gasteiger partial charge in [-0.2, -0.15) is 0 Å². The number of aromatic nitrogens is 3. The van der Waals surface area contributed by atoms with E-state index in [1.54, 1.807) is 14.0 Å². The molecular weight excluding hydrogens is 548 g/mol. The number of thiophene rings is 1. The van der Waals surface area contributed by atoms with Crippen LogP contribution >= 0.6 is 11.3 Å². The van der Waals surface area contributed by atoms with Crippen molar-refractivity contribution in [3.8, 4) is 16.5 Å². The van der Waals surface area contributed by atoms with Gasteiger partial charge in [0.2, 0.25) is 11.8 Å². The Labute approximate surface area is 240 Å². The molecule has 0 unspecified atom stereocenters. The molecule has 218 valence electrons. The number of rotatable bonds is 10. The van der Waals surface area contributed by atoms with E-state index in [0.717, 1.165) is 23.0 Å². The Morgan fingerprint density at radius 1 is 1.24 bits per heavy atom. The zero-order valence-corrected chi connectivity index (χ0v) is 24.4. The molecule has 2 N–H and O–H groups in total. The smallest absolute Gasteiger partial charge is 0.333 e. The number of nitrogens with two attached hydrogens (primary N) is 1. The molecule has 11 nitrogen and oxygen atoms in total. The molecule has 0 spiro atoms. The maximum Gasteiger partial charge on any atom is 0.333 e. The molecule has 1 atom stereocenters. The number of amides is 1. The van der Waals surface area contributed by atoms with Crippen LogP contribution in [-0.4, -0.2) is 47.0 Å². The maximum atomic E-state index is 14.2. The summed E-state index contributed by atoms with van der Waals surface area (Å²) >= 11 is 1.23. The fraction of sp³-hybridized carbons (Fsp3) is 0.448. The van der Waals surface area contributed by atoms with Gasteiger partial charge in [-0.05, 0) is 51.2 Å². The van der Waals surface area contributed by atoms with Crippen molar-refractivity contribution in [2.75, 3.05) is 26.9 Å². The molecule has 0 saturated carbocycles. The van der Waals surface area contributed by atoms with E-state index in [9.17, 15) is 14.4 Å². The number of primary amides is 1. The van der Waals surface area contributed by atoms with Crippen molar-refractivity contribution in [1.82, 2.24) is 14.1 Å². The fourth-order valence-corrected chi connectivity index (χ4v) is 6.40. The number of para-hydroxylation sites is 1. The van der Waals surface area contributed by atoms with E-state index < -0.39 is 28.8 Å². The number of nitrogens with zero attached hydrogens (tertiary/aromatic N) is 3. The third kappa shape index (κ3) is 5.34. The monoisotopic (exact) mass is 582 g/mol. The molecule has 4 heterocycles. The van der Waals surface area contributed by atoms with Gasteiger partial charge >= 0.3 is 5.69 Å². The zero-order valence-electron chi connectivity index (χ0n) is 23.5. The van der Waals surface area contributed by atoms with Crippen LogP contribution in [0.15, 0.2) is 50.7 Å². The SMILES string of the molecule is COc1ccccc1[C@@H](Cn1c(=O)n(C(C)(C)C(N)=O)c(=O)c2c(C)c(-c3ncco3)sc21)OCC1CCOCC1. The molecule has 4 aromatic rings. The fourth-order valence-electron chi connectivity index (χ4n) is 5.15. The molecule has 0 radical (unpaired) electrons. The van der Waals surface area contributed by atoms with Crippen LogP contribution in [-0.2, 0) is 26.4 Å². The van der Waals surface area contributed by atoms with Crippen LogP contribution in [0.5, 0.6) is 5.75 Å². The lowest BCUT2D eigenvalue weighted by Gasteiger charge is -2.28. The second-order valence-corrected chi connectivity index (χ2v) is 11.6.